The van der Waals surface area contributed by atoms with Crippen LogP contribution in [0.2, 0.25) is 0 Å². The first-order chi connectivity index (χ1) is 15.6. The molecular formula is C22H27F3N6OS. The number of nitrogens with one attached hydrogen (secondary N) is 2. The van der Waals surface area contributed by atoms with E-state index in [9.17, 15) is 18.3 Å². The summed E-state index contributed by atoms with van der Waals surface area (Å²) < 4.78 is 39.2. The van der Waals surface area contributed by atoms with Crippen LogP contribution < -0.4 is 16.4 Å². The number of aromatic nitrogens is 3. The van der Waals surface area contributed by atoms with Crippen molar-refractivity contribution >= 4 is 39.0 Å². The molecule has 4 unspecified atom stereocenters. The number of nitrogens with zero attached hydrogens (tertiary/aromatic N) is 3. The fourth-order valence-electron chi connectivity index (χ4n) is 4.40. The Morgan fingerprint density at radius 3 is 2.61 bits per heavy atom. The van der Waals surface area contributed by atoms with E-state index < -0.39 is 12.7 Å². The summed E-state index contributed by atoms with van der Waals surface area (Å²) in [5.74, 6) is 1.02. The first kappa shape index (κ1) is 23.5. The molecular weight excluding hydrogens is 453 g/mol. The SMILES string of the molecule is Cc1nc(NCC(F)(F)F)nc(NC2CC(CO)C(C)C2C)c1-c1nc2cc(N)ccc2s1. The minimum Gasteiger partial charge on any atom is -0.399 e. The predicted molar refractivity (Wildman–Crippen MR) is 125 cm³/mol. The van der Waals surface area contributed by atoms with Crippen molar-refractivity contribution in [3.8, 4) is 10.6 Å². The number of anilines is 3. The zero-order valence-corrected chi connectivity index (χ0v) is 19.4. The Morgan fingerprint density at radius 1 is 1.18 bits per heavy atom. The van der Waals surface area contributed by atoms with Gasteiger partial charge in [0.15, 0.2) is 0 Å². The van der Waals surface area contributed by atoms with Gasteiger partial charge in [-0.25, -0.2) is 9.97 Å². The second-order valence-electron chi connectivity index (χ2n) is 8.72. The Bertz CT molecular complexity index is 1150. The summed E-state index contributed by atoms with van der Waals surface area (Å²) in [7, 11) is 0. The number of halogens is 3. The summed E-state index contributed by atoms with van der Waals surface area (Å²) >= 11 is 1.45. The van der Waals surface area contributed by atoms with Crippen LogP contribution in [0.25, 0.3) is 20.8 Å². The van der Waals surface area contributed by atoms with Crippen molar-refractivity contribution in [2.45, 2.75) is 39.4 Å². The van der Waals surface area contributed by atoms with E-state index in [-0.39, 0.29) is 30.4 Å². The Labute approximate surface area is 193 Å². The third kappa shape index (κ3) is 4.98. The molecule has 1 aliphatic carbocycles. The zero-order valence-electron chi connectivity index (χ0n) is 18.6. The lowest BCUT2D eigenvalue weighted by Crippen LogP contribution is -2.26. The van der Waals surface area contributed by atoms with Crippen LogP contribution in [0.3, 0.4) is 0 Å². The number of benzene rings is 1. The molecule has 1 fully saturated rings. The number of hydrogen-bond acceptors (Lipinski definition) is 8. The molecule has 5 N–H and O–H groups in total. The number of aryl methyl sites for hydroxylation is 1. The first-order valence-corrected chi connectivity index (χ1v) is 11.6. The van der Waals surface area contributed by atoms with Gasteiger partial charge in [0.25, 0.3) is 0 Å². The molecule has 178 valence electrons. The van der Waals surface area contributed by atoms with Gasteiger partial charge in [0.05, 0.1) is 21.5 Å². The highest BCUT2D eigenvalue weighted by molar-refractivity contribution is 7.21. The van der Waals surface area contributed by atoms with Crippen molar-refractivity contribution in [2.75, 3.05) is 29.5 Å². The number of nitrogen functional groups attached to an aromatic ring is 1. The maximum atomic E-state index is 12.8. The van der Waals surface area contributed by atoms with Crippen molar-refractivity contribution in [3.63, 3.8) is 0 Å². The van der Waals surface area contributed by atoms with E-state index in [1.165, 1.54) is 11.3 Å². The number of hydrogen-bond donors (Lipinski definition) is 4. The monoisotopic (exact) mass is 480 g/mol. The lowest BCUT2D eigenvalue weighted by atomic mass is 9.92. The van der Waals surface area contributed by atoms with E-state index >= 15 is 0 Å². The normalized spacial score (nSPS) is 23.2. The highest BCUT2D eigenvalue weighted by Gasteiger charge is 2.38. The van der Waals surface area contributed by atoms with E-state index in [4.69, 9.17) is 10.7 Å². The van der Waals surface area contributed by atoms with Crippen LogP contribution in [-0.2, 0) is 0 Å². The molecule has 2 heterocycles. The van der Waals surface area contributed by atoms with Gasteiger partial charge in [0.1, 0.15) is 17.4 Å². The molecule has 4 atom stereocenters. The smallest absolute Gasteiger partial charge is 0.399 e. The van der Waals surface area contributed by atoms with Crippen LogP contribution in [-0.4, -0.2) is 45.4 Å². The van der Waals surface area contributed by atoms with Crippen LogP contribution in [0, 0.1) is 24.7 Å². The first-order valence-electron chi connectivity index (χ1n) is 10.8. The third-order valence-corrected chi connectivity index (χ3v) is 7.54. The molecule has 33 heavy (non-hydrogen) atoms. The molecule has 7 nitrogen and oxygen atoms in total. The Hall–Kier alpha value is -2.66. The quantitative estimate of drug-likeness (QED) is 0.379. The fraction of sp³-hybridized carbons (Fsp3) is 0.500. The van der Waals surface area contributed by atoms with E-state index in [2.05, 4.69) is 34.4 Å². The van der Waals surface area contributed by atoms with Gasteiger partial charge in [-0.05, 0) is 49.3 Å². The number of alkyl halides is 3. The lowest BCUT2D eigenvalue weighted by Gasteiger charge is -2.22. The molecule has 1 aliphatic rings. The second kappa shape index (κ2) is 8.94. The molecule has 0 spiro atoms. The maximum Gasteiger partial charge on any atom is 0.405 e. The lowest BCUT2D eigenvalue weighted by molar-refractivity contribution is -0.115. The zero-order chi connectivity index (χ0) is 23.9. The molecule has 0 saturated heterocycles. The van der Waals surface area contributed by atoms with Gasteiger partial charge in [-0.2, -0.15) is 18.2 Å². The van der Waals surface area contributed by atoms with Crippen LogP contribution in [0.15, 0.2) is 18.2 Å². The molecule has 3 aromatic rings. The van der Waals surface area contributed by atoms with E-state index in [1.54, 1.807) is 19.1 Å². The topological polar surface area (TPSA) is 109 Å². The van der Waals surface area contributed by atoms with Crippen molar-refractivity contribution in [1.29, 1.82) is 0 Å². The van der Waals surface area contributed by atoms with Crippen LogP contribution in [0.5, 0.6) is 0 Å². The standard InChI is InChI=1S/C22H27F3N6OS/c1-10-11(2)15(6-13(10)8-32)29-19-18(12(3)28-21(31-19)27-9-22(23,24)25)20-30-16-7-14(26)4-5-17(16)33-20/h4-5,7,10-11,13,15,32H,6,8-9,26H2,1-3H3,(H2,27,28,29,31). The molecule has 0 radical (unpaired) electrons. The molecule has 2 aromatic heterocycles. The van der Waals surface area contributed by atoms with Gasteiger partial charge in [-0.1, -0.05) is 13.8 Å². The molecule has 0 amide bonds. The van der Waals surface area contributed by atoms with Crippen molar-refractivity contribution in [1.82, 2.24) is 15.0 Å². The summed E-state index contributed by atoms with van der Waals surface area (Å²) in [5, 5.41) is 16.1. The minimum absolute atomic E-state index is 0.00527. The Balaban J connectivity index is 1.75. The predicted octanol–water partition coefficient (Wildman–Crippen LogP) is 4.68. The van der Waals surface area contributed by atoms with Crippen molar-refractivity contribution in [3.05, 3.63) is 23.9 Å². The van der Waals surface area contributed by atoms with Gasteiger partial charge in [0.2, 0.25) is 5.95 Å². The molecule has 1 saturated carbocycles. The minimum atomic E-state index is -4.39. The van der Waals surface area contributed by atoms with Gasteiger partial charge in [-0.15, -0.1) is 11.3 Å². The average Bonchev–Trinajstić information content (AvgIpc) is 3.26. The average molecular weight is 481 g/mol. The van der Waals surface area contributed by atoms with Crippen molar-refractivity contribution in [2.24, 2.45) is 17.8 Å². The van der Waals surface area contributed by atoms with Gasteiger partial charge in [-0.3, -0.25) is 0 Å². The molecule has 11 heteroatoms. The summed E-state index contributed by atoms with van der Waals surface area (Å²) in [5.41, 5.74) is 8.40. The molecule has 4 rings (SSSR count). The number of nitrogens with two attached hydrogens (primary N) is 1. The maximum absolute atomic E-state index is 12.8. The van der Waals surface area contributed by atoms with Crippen LogP contribution in [0.4, 0.5) is 30.6 Å². The van der Waals surface area contributed by atoms with Gasteiger partial charge < -0.3 is 21.5 Å². The number of fused-ring (bicyclic) bond motifs is 1. The Morgan fingerprint density at radius 2 is 1.94 bits per heavy atom. The summed E-state index contributed by atoms with van der Waals surface area (Å²) in [6, 6.07) is 5.48. The fourth-order valence-corrected chi connectivity index (χ4v) is 5.45. The number of aliphatic hydroxyl groups excluding tert-OH is 1. The highest BCUT2D eigenvalue weighted by atomic mass is 32.1. The van der Waals surface area contributed by atoms with Crippen LogP contribution >= 0.6 is 11.3 Å². The van der Waals surface area contributed by atoms with Crippen LogP contribution in [0.1, 0.15) is 26.0 Å². The number of rotatable bonds is 6. The summed E-state index contributed by atoms with van der Waals surface area (Å²) in [4.78, 5) is 13.4. The van der Waals surface area contributed by atoms with Gasteiger partial charge in [0, 0.05) is 18.3 Å². The largest absolute Gasteiger partial charge is 0.405 e. The molecule has 0 aliphatic heterocycles. The van der Waals surface area contributed by atoms with E-state index in [0.717, 1.165) is 16.6 Å². The molecule has 1 aromatic carbocycles. The number of aliphatic hydroxyl groups is 1. The second-order valence-corrected chi connectivity index (χ2v) is 9.75. The van der Waals surface area contributed by atoms with Crippen molar-refractivity contribution < 1.29 is 18.3 Å². The number of thiazole rings is 1. The van der Waals surface area contributed by atoms with E-state index in [1.807, 2.05) is 6.07 Å². The van der Waals surface area contributed by atoms with Gasteiger partial charge >= 0.3 is 6.18 Å². The summed E-state index contributed by atoms with van der Waals surface area (Å²) in [6.45, 7) is 4.81. The third-order valence-electron chi connectivity index (χ3n) is 6.48. The Kier molecular flexibility index (Phi) is 6.37. The highest BCUT2D eigenvalue weighted by Crippen LogP contribution is 2.41. The molecule has 0 bridgehead atoms. The summed E-state index contributed by atoms with van der Waals surface area (Å²) in [6.07, 6.45) is -3.65. The van der Waals surface area contributed by atoms with E-state index in [0.29, 0.717) is 33.7 Å².